The molecule has 2 rings (SSSR count). The van der Waals surface area contributed by atoms with Gasteiger partial charge in [0.15, 0.2) is 0 Å². The minimum atomic E-state index is -0.818. The van der Waals surface area contributed by atoms with Crippen molar-refractivity contribution in [1.82, 2.24) is 9.80 Å². The lowest BCUT2D eigenvalue weighted by molar-refractivity contribution is -0.144. The highest BCUT2D eigenvalue weighted by Crippen LogP contribution is 2.24. The zero-order valence-corrected chi connectivity index (χ0v) is 11.1. The molecule has 1 N–H and O–H groups in total. The molecule has 1 saturated heterocycles. The molecule has 0 spiro atoms. The van der Waals surface area contributed by atoms with Crippen molar-refractivity contribution < 1.29 is 9.90 Å². The van der Waals surface area contributed by atoms with Crippen LogP contribution in [-0.2, 0) is 4.79 Å². The predicted molar refractivity (Wildman–Crippen MR) is 70.9 cm³/mol. The van der Waals surface area contributed by atoms with Gasteiger partial charge in [-0.3, -0.25) is 9.69 Å². The van der Waals surface area contributed by atoms with Crippen LogP contribution in [-0.4, -0.2) is 54.1 Å². The molecule has 1 heterocycles. The van der Waals surface area contributed by atoms with E-state index in [-0.39, 0.29) is 0 Å². The van der Waals surface area contributed by atoms with Gasteiger partial charge in [-0.05, 0) is 24.7 Å². The average molecular weight is 269 g/mol. The molecule has 1 aromatic rings. The number of hydrogen-bond acceptors (Lipinski definition) is 3. The molecule has 1 aromatic carbocycles. The quantitative estimate of drug-likeness (QED) is 0.907. The van der Waals surface area contributed by atoms with Gasteiger partial charge in [-0.2, -0.15) is 0 Å². The van der Waals surface area contributed by atoms with Gasteiger partial charge in [0, 0.05) is 31.2 Å². The number of carboxylic acids is 1. The molecule has 0 aliphatic carbocycles. The molecule has 18 heavy (non-hydrogen) atoms. The molecular weight excluding hydrogens is 252 g/mol. The molecule has 1 unspecified atom stereocenters. The van der Waals surface area contributed by atoms with Gasteiger partial charge in [0.2, 0.25) is 0 Å². The normalized spacial score (nSPS) is 19.7. The van der Waals surface area contributed by atoms with Crippen LogP contribution < -0.4 is 0 Å². The van der Waals surface area contributed by atoms with Crippen LogP contribution in [0.25, 0.3) is 0 Å². The summed E-state index contributed by atoms with van der Waals surface area (Å²) in [7, 11) is 2.05. The Morgan fingerprint density at radius 2 is 2.00 bits per heavy atom. The Balaban J connectivity index is 2.21. The monoisotopic (exact) mass is 268 g/mol. The van der Waals surface area contributed by atoms with Crippen LogP contribution >= 0.6 is 11.6 Å². The third kappa shape index (κ3) is 3.02. The molecule has 0 saturated carbocycles. The lowest BCUT2D eigenvalue weighted by Crippen LogP contribution is -2.47. The number of piperazine rings is 1. The fourth-order valence-corrected chi connectivity index (χ4v) is 2.47. The average Bonchev–Trinajstić information content (AvgIpc) is 2.32. The lowest BCUT2D eigenvalue weighted by atomic mass is 10.0. The zero-order chi connectivity index (χ0) is 13.1. The van der Waals surface area contributed by atoms with E-state index >= 15 is 0 Å². The SMILES string of the molecule is CN1CCN(C(C(=O)O)c2cccc(Cl)c2)CC1. The summed E-state index contributed by atoms with van der Waals surface area (Å²) in [4.78, 5) is 15.7. The Bertz CT molecular complexity index is 431. The van der Waals surface area contributed by atoms with Crippen LogP contribution in [0.1, 0.15) is 11.6 Å². The molecule has 0 aromatic heterocycles. The molecule has 1 aliphatic rings. The Labute approximate surface area is 112 Å². The summed E-state index contributed by atoms with van der Waals surface area (Å²) in [5, 5.41) is 10.0. The van der Waals surface area contributed by atoms with Crippen molar-refractivity contribution in [2.24, 2.45) is 0 Å². The van der Waals surface area contributed by atoms with Crippen LogP contribution in [0.5, 0.6) is 0 Å². The van der Waals surface area contributed by atoms with Crippen LogP contribution in [0.15, 0.2) is 24.3 Å². The van der Waals surface area contributed by atoms with Crippen molar-refractivity contribution >= 4 is 17.6 Å². The largest absolute Gasteiger partial charge is 0.480 e. The third-order valence-corrected chi connectivity index (χ3v) is 3.54. The van der Waals surface area contributed by atoms with Gasteiger partial charge >= 0.3 is 5.97 Å². The fourth-order valence-electron chi connectivity index (χ4n) is 2.27. The first-order chi connectivity index (χ1) is 8.58. The Kier molecular flexibility index (Phi) is 4.22. The van der Waals surface area contributed by atoms with Crippen molar-refractivity contribution in [3.05, 3.63) is 34.9 Å². The van der Waals surface area contributed by atoms with E-state index in [0.29, 0.717) is 5.02 Å². The first-order valence-corrected chi connectivity index (χ1v) is 6.36. The zero-order valence-electron chi connectivity index (χ0n) is 10.3. The maximum atomic E-state index is 11.5. The molecule has 4 nitrogen and oxygen atoms in total. The standard InChI is InChI=1S/C13H17ClN2O2/c1-15-5-7-16(8-6-15)12(13(17)18)10-3-2-4-11(14)9-10/h2-4,9,12H,5-8H2,1H3,(H,17,18). The summed E-state index contributed by atoms with van der Waals surface area (Å²) < 4.78 is 0. The predicted octanol–water partition coefficient (Wildman–Crippen LogP) is 1.71. The minimum absolute atomic E-state index is 0.577. The number of hydrogen-bond donors (Lipinski definition) is 1. The maximum Gasteiger partial charge on any atom is 0.325 e. The van der Waals surface area contributed by atoms with Gasteiger partial charge in [-0.15, -0.1) is 0 Å². The van der Waals surface area contributed by atoms with Gasteiger partial charge in [-0.1, -0.05) is 23.7 Å². The third-order valence-electron chi connectivity index (χ3n) is 3.30. The van der Waals surface area contributed by atoms with Crippen molar-refractivity contribution in [1.29, 1.82) is 0 Å². The first kappa shape index (κ1) is 13.3. The van der Waals surface area contributed by atoms with Crippen LogP contribution in [0, 0.1) is 0 Å². The second kappa shape index (κ2) is 5.69. The number of halogens is 1. The van der Waals surface area contributed by atoms with Crippen molar-refractivity contribution in [3.8, 4) is 0 Å². The van der Waals surface area contributed by atoms with Crippen LogP contribution in [0.2, 0.25) is 5.02 Å². The smallest absolute Gasteiger partial charge is 0.325 e. The van der Waals surface area contributed by atoms with E-state index in [0.717, 1.165) is 31.7 Å². The molecule has 1 fully saturated rings. The summed E-state index contributed by atoms with van der Waals surface area (Å²) in [6, 6.07) is 6.51. The summed E-state index contributed by atoms with van der Waals surface area (Å²) in [6.45, 7) is 3.31. The number of benzene rings is 1. The number of carboxylic acid groups (broad SMARTS) is 1. The van der Waals surface area contributed by atoms with Crippen LogP contribution in [0.4, 0.5) is 0 Å². The maximum absolute atomic E-state index is 11.5. The Morgan fingerprint density at radius 3 is 2.56 bits per heavy atom. The molecule has 98 valence electrons. The van der Waals surface area contributed by atoms with Gasteiger partial charge in [-0.25, -0.2) is 0 Å². The molecule has 0 amide bonds. The van der Waals surface area contributed by atoms with E-state index in [1.54, 1.807) is 18.2 Å². The molecule has 1 aliphatic heterocycles. The summed E-state index contributed by atoms with van der Waals surface area (Å²) in [5.41, 5.74) is 0.750. The molecule has 1 atom stereocenters. The van der Waals surface area contributed by atoms with Crippen molar-refractivity contribution in [3.63, 3.8) is 0 Å². The number of likely N-dealkylation sites (N-methyl/N-ethyl adjacent to an activating group) is 1. The number of carbonyl (C=O) groups is 1. The Morgan fingerprint density at radius 1 is 1.33 bits per heavy atom. The number of rotatable bonds is 3. The highest BCUT2D eigenvalue weighted by Gasteiger charge is 2.29. The fraction of sp³-hybridized carbons (Fsp3) is 0.462. The van der Waals surface area contributed by atoms with E-state index in [9.17, 15) is 9.90 Å². The molecule has 0 radical (unpaired) electrons. The van der Waals surface area contributed by atoms with E-state index in [4.69, 9.17) is 11.6 Å². The Hall–Kier alpha value is -1.10. The minimum Gasteiger partial charge on any atom is -0.480 e. The lowest BCUT2D eigenvalue weighted by Gasteiger charge is -2.36. The molecule has 0 bridgehead atoms. The van der Waals surface area contributed by atoms with E-state index in [1.165, 1.54) is 0 Å². The topological polar surface area (TPSA) is 43.8 Å². The van der Waals surface area contributed by atoms with E-state index in [1.807, 2.05) is 18.0 Å². The molecular formula is C13H17ClN2O2. The van der Waals surface area contributed by atoms with Gasteiger partial charge < -0.3 is 10.0 Å². The summed E-state index contributed by atoms with van der Waals surface area (Å²) in [5.74, 6) is -0.818. The highest BCUT2D eigenvalue weighted by atomic mass is 35.5. The van der Waals surface area contributed by atoms with E-state index in [2.05, 4.69) is 4.90 Å². The second-order valence-electron chi connectivity index (χ2n) is 4.64. The van der Waals surface area contributed by atoms with Crippen molar-refractivity contribution in [2.75, 3.05) is 33.2 Å². The number of aliphatic carboxylic acids is 1. The van der Waals surface area contributed by atoms with Crippen molar-refractivity contribution in [2.45, 2.75) is 6.04 Å². The van der Waals surface area contributed by atoms with E-state index < -0.39 is 12.0 Å². The summed E-state index contributed by atoms with van der Waals surface area (Å²) >= 11 is 5.94. The van der Waals surface area contributed by atoms with Gasteiger partial charge in [0.1, 0.15) is 6.04 Å². The summed E-state index contributed by atoms with van der Waals surface area (Å²) in [6.07, 6.45) is 0. The van der Waals surface area contributed by atoms with Gasteiger partial charge in [0.05, 0.1) is 0 Å². The van der Waals surface area contributed by atoms with Gasteiger partial charge in [0.25, 0.3) is 0 Å². The number of nitrogens with zero attached hydrogens (tertiary/aromatic N) is 2. The highest BCUT2D eigenvalue weighted by molar-refractivity contribution is 6.30. The van der Waals surface area contributed by atoms with Crippen LogP contribution in [0.3, 0.4) is 0 Å². The molecule has 5 heteroatoms. The second-order valence-corrected chi connectivity index (χ2v) is 5.07. The first-order valence-electron chi connectivity index (χ1n) is 5.99.